The van der Waals surface area contributed by atoms with Crippen LogP contribution in [0.3, 0.4) is 0 Å². The molecule has 0 aliphatic heterocycles. The van der Waals surface area contributed by atoms with Gasteiger partial charge in [-0.15, -0.1) is 0 Å². The van der Waals surface area contributed by atoms with E-state index in [1.807, 2.05) is 32.1 Å². The van der Waals surface area contributed by atoms with Crippen LogP contribution in [-0.4, -0.2) is 34.4 Å². The molecule has 5 nitrogen and oxygen atoms in total. The first-order valence-electron chi connectivity index (χ1n) is 13.7. The van der Waals surface area contributed by atoms with Gasteiger partial charge in [0.1, 0.15) is 0 Å². The highest BCUT2D eigenvalue weighted by molar-refractivity contribution is 6.11. The van der Waals surface area contributed by atoms with E-state index in [-0.39, 0.29) is 34.4 Å². The van der Waals surface area contributed by atoms with Crippen molar-refractivity contribution < 1.29 is 24.6 Å². The van der Waals surface area contributed by atoms with Crippen LogP contribution >= 0.6 is 0 Å². The molecule has 0 radical (unpaired) electrons. The van der Waals surface area contributed by atoms with E-state index in [0.29, 0.717) is 38.5 Å². The predicted octanol–water partition coefficient (Wildman–Crippen LogP) is 7.16. The number of carbonyl (C=O) groups is 3. The molecule has 2 aliphatic carbocycles. The smallest absolute Gasteiger partial charge is 0.309 e. The molecule has 0 heterocycles. The van der Waals surface area contributed by atoms with Crippen LogP contribution in [0.15, 0.2) is 46.6 Å². The molecule has 0 bridgehead atoms. The molecule has 0 fully saturated rings. The number of aliphatic carboxylic acids is 1. The third-order valence-electron chi connectivity index (χ3n) is 7.57. The number of aliphatic hydroxyl groups excluding tert-OH is 1. The standard InChI is InChI=1S/C32H48O5/c1-29(2,21-33)15-9-11-22-17-30(3,4)19-24(26(22)34)13-14-25-20-31(5,6)18-23(27(25)35)12-10-16-32(7,8)28(36)37/h17-20,33H,9-16,21H2,1-8H3,(H,36,37). The third kappa shape index (κ3) is 8.91. The second kappa shape index (κ2) is 11.6. The van der Waals surface area contributed by atoms with Gasteiger partial charge in [0.15, 0.2) is 11.6 Å². The van der Waals surface area contributed by atoms with E-state index in [0.717, 1.165) is 35.1 Å². The molecule has 0 saturated carbocycles. The number of allylic oxidation sites excluding steroid dienone is 8. The molecule has 5 heteroatoms. The zero-order valence-electron chi connectivity index (χ0n) is 24.3. The number of carboxylic acid groups (broad SMARTS) is 1. The minimum Gasteiger partial charge on any atom is -0.481 e. The number of ketones is 2. The van der Waals surface area contributed by atoms with Crippen LogP contribution in [0.4, 0.5) is 0 Å². The number of carboxylic acids is 1. The summed E-state index contributed by atoms with van der Waals surface area (Å²) < 4.78 is 0. The van der Waals surface area contributed by atoms with Gasteiger partial charge in [0.2, 0.25) is 0 Å². The Bertz CT molecular complexity index is 1030. The Kier molecular flexibility index (Phi) is 9.73. The summed E-state index contributed by atoms with van der Waals surface area (Å²) in [5.41, 5.74) is 1.64. The summed E-state index contributed by atoms with van der Waals surface area (Å²) in [4.78, 5) is 38.1. The maximum atomic E-state index is 13.3. The van der Waals surface area contributed by atoms with Crippen molar-refractivity contribution in [3.8, 4) is 0 Å². The van der Waals surface area contributed by atoms with Gasteiger partial charge in [-0.05, 0) is 92.9 Å². The first kappa shape index (κ1) is 31.0. The van der Waals surface area contributed by atoms with Gasteiger partial charge in [-0.2, -0.15) is 0 Å². The fourth-order valence-electron chi connectivity index (χ4n) is 5.23. The average molecular weight is 513 g/mol. The number of hydrogen-bond donors (Lipinski definition) is 2. The van der Waals surface area contributed by atoms with Crippen molar-refractivity contribution in [2.75, 3.05) is 6.61 Å². The molecular weight excluding hydrogens is 464 g/mol. The Labute approximate surface area is 223 Å². The van der Waals surface area contributed by atoms with E-state index in [2.05, 4.69) is 33.8 Å². The van der Waals surface area contributed by atoms with Crippen molar-refractivity contribution in [3.05, 3.63) is 46.6 Å². The van der Waals surface area contributed by atoms with Gasteiger partial charge in [0.25, 0.3) is 0 Å². The molecule has 2 rings (SSSR count). The van der Waals surface area contributed by atoms with Crippen LogP contribution in [0.1, 0.15) is 107 Å². The second-order valence-electron chi connectivity index (χ2n) is 13.7. The highest BCUT2D eigenvalue weighted by Crippen LogP contribution is 2.38. The normalized spacial score (nSPS) is 19.7. The minimum atomic E-state index is -0.823. The monoisotopic (exact) mass is 512 g/mol. The molecule has 0 spiro atoms. The minimum absolute atomic E-state index is 0.0255. The second-order valence-corrected chi connectivity index (χ2v) is 13.7. The molecule has 2 N–H and O–H groups in total. The zero-order chi connectivity index (χ0) is 28.2. The highest BCUT2D eigenvalue weighted by Gasteiger charge is 2.31. The summed E-state index contributed by atoms with van der Waals surface area (Å²) in [6, 6.07) is 0. The molecule has 0 aromatic carbocycles. The van der Waals surface area contributed by atoms with Crippen molar-refractivity contribution in [3.63, 3.8) is 0 Å². The SMILES string of the molecule is CC1(C)C=C(CCCC(C)(C)CO)C(=O)C(CCC2=CC(C)(C)C=C(CCCC(C)(C)C(=O)O)C2=O)=C1. The fourth-order valence-corrected chi connectivity index (χ4v) is 5.23. The van der Waals surface area contributed by atoms with E-state index in [1.165, 1.54) is 0 Å². The van der Waals surface area contributed by atoms with Gasteiger partial charge in [-0.3, -0.25) is 14.4 Å². The third-order valence-corrected chi connectivity index (χ3v) is 7.57. The number of rotatable bonds is 13. The highest BCUT2D eigenvalue weighted by atomic mass is 16.4. The van der Waals surface area contributed by atoms with Crippen molar-refractivity contribution in [1.29, 1.82) is 0 Å². The fraction of sp³-hybridized carbons (Fsp3) is 0.656. The summed E-state index contributed by atoms with van der Waals surface area (Å²) >= 11 is 0. The van der Waals surface area contributed by atoms with Gasteiger partial charge in [-0.25, -0.2) is 0 Å². The summed E-state index contributed by atoms with van der Waals surface area (Å²) in [5.74, 6) is -0.718. The van der Waals surface area contributed by atoms with Crippen LogP contribution in [0, 0.1) is 21.7 Å². The quantitative estimate of drug-likeness (QED) is 0.273. The molecule has 0 amide bonds. The van der Waals surface area contributed by atoms with Crippen LogP contribution in [-0.2, 0) is 14.4 Å². The first-order valence-corrected chi connectivity index (χ1v) is 13.7. The first-order chi connectivity index (χ1) is 16.9. The molecule has 0 atom stereocenters. The Morgan fingerprint density at radius 3 is 1.41 bits per heavy atom. The molecule has 206 valence electrons. The van der Waals surface area contributed by atoms with E-state index in [9.17, 15) is 24.6 Å². The van der Waals surface area contributed by atoms with Crippen molar-refractivity contribution in [2.45, 2.75) is 107 Å². The summed E-state index contributed by atoms with van der Waals surface area (Å²) in [6.45, 7) is 16.0. The lowest BCUT2D eigenvalue weighted by molar-refractivity contribution is -0.147. The van der Waals surface area contributed by atoms with Gasteiger partial charge in [0.05, 0.1) is 5.41 Å². The topological polar surface area (TPSA) is 91.7 Å². The van der Waals surface area contributed by atoms with Gasteiger partial charge in [-0.1, -0.05) is 65.8 Å². The van der Waals surface area contributed by atoms with Gasteiger partial charge in [0, 0.05) is 17.4 Å². The Balaban J connectivity index is 2.07. The lowest BCUT2D eigenvalue weighted by Crippen LogP contribution is -2.24. The van der Waals surface area contributed by atoms with Crippen molar-refractivity contribution >= 4 is 17.5 Å². The van der Waals surface area contributed by atoms with Crippen molar-refractivity contribution in [2.24, 2.45) is 21.7 Å². The van der Waals surface area contributed by atoms with Gasteiger partial charge >= 0.3 is 5.97 Å². The van der Waals surface area contributed by atoms with Gasteiger partial charge < -0.3 is 10.2 Å². The lowest BCUT2D eigenvalue weighted by atomic mass is 9.75. The summed E-state index contributed by atoms with van der Waals surface area (Å²) in [5, 5.41) is 18.9. The largest absolute Gasteiger partial charge is 0.481 e. The number of carbonyl (C=O) groups excluding carboxylic acids is 2. The maximum Gasteiger partial charge on any atom is 0.309 e. The summed E-state index contributed by atoms with van der Waals surface area (Å²) in [7, 11) is 0. The number of Topliss-reactive ketones (excluding diaryl/α,β-unsaturated/α-hetero) is 2. The maximum absolute atomic E-state index is 13.3. The van der Waals surface area contributed by atoms with E-state index in [1.54, 1.807) is 13.8 Å². The van der Waals surface area contributed by atoms with E-state index < -0.39 is 11.4 Å². The van der Waals surface area contributed by atoms with Crippen LogP contribution in [0.2, 0.25) is 0 Å². The average Bonchev–Trinajstić information content (AvgIpc) is 2.76. The zero-order valence-corrected chi connectivity index (χ0v) is 24.3. The Hall–Kier alpha value is -2.27. The number of aliphatic hydroxyl groups is 1. The molecule has 37 heavy (non-hydrogen) atoms. The van der Waals surface area contributed by atoms with E-state index >= 15 is 0 Å². The molecule has 0 saturated heterocycles. The molecule has 0 unspecified atom stereocenters. The lowest BCUT2D eigenvalue weighted by Gasteiger charge is -2.28. The number of hydrogen-bond acceptors (Lipinski definition) is 4. The van der Waals surface area contributed by atoms with E-state index in [4.69, 9.17) is 0 Å². The molecule has 2 aliphatic rings. The molecule has 0 aromatic rings. The van der Waals surface area contributed by atoms with Crippen LogP contribution in [0.25, 0.3) is 0 Å². The van der Waals surface area contributed by atoms with Crippen molar-refractivity contribution in [1.82, 2.24) is 0 Å². The molecular formula is C32H48O5. The predicted molar refractivity (Wildman–Crippen MR) is 149 cm³/mol. The van der Waals surface area contributed by atoms with Crippen LogP contribution in [0.5, 0.6) is 0 Å². The van der Waals surface area contributed by atoms with Crippen LogP contribution < -0.4 is 0 Å². The Morgan fingerprint density at radius 2 is 1.05 bits per heavy atom. The molecule has 0 aromatic heterocycles. The summed E-state index contributed by atoms with van der Waals surface area (Å²) in [6.07, 6.45) is 13.3. The Morgan fingerprint density at radius 1 is 0.703 bits per heavy atom.